The SMILES string of the molecule is COc1ccc(OCCN(C)C(=O)c2ccc(N3CCCC3=O)cc2)cc1. The molecule has 0 spiro atoms. The summed E-state index contributed by atoms with van der Waals surface area (Å²) in [6.07, 6.45) is 1.48. The van der Waals surface area contributed by atoms with E-state index in [0.29, 0.717) is 25.1 Å². The molecule has 0 N–H and O–H groups in total. The maximum absolute atomic E-state index is 12.5. The zero-order valence-electron chi connectivity index (χ0n) is 15.7. The summed E-state index contributed by atoms with van der Waals surface area (Å²) in [4.78, 5) is 27.7. The second kappa shape index (κ2) is 8.58. The standard InChI is InChI=1S/C21H24N2O4/c1-22(14-15-27-19-11-9-18(26-2)10-12-19)21(25)16-5-7-17(8-6-16)23-13-3-4-20(23)24/h5-12H,3-4,13-15H2,1-2H3. The number of rotatable bonds is 7. The monoisotopic (exact) mass is 368 g/mol. The molecule has 6 nitrogen and oxygen atoms in total. The Bertz CT molecular complexity index is 787. The third-order valence-corrected chi connectivity index (χ3v) is 4.60. The Morgan fingerprint density at radius 2 is 1.74 bits per heavy atom. The van der Waals surface area contributed by atoms with Crippen LogP contribution in [-0.2, 0) is 4.79 Å². The topological polar surface area (TPSA) is 59.1 Å². The van der Waals surface area contributed by atoms with E-state index < -0.39 is 0 Å². The summed E-state index contributed by atoms with van der Waals surface area (Å²) >= 11 is 0. The minimum Gasteiger partial charge on any atom is -0.497 e. The van der Waals surface area contributed by atoms with Gasteiger partial charge in [-0.3, -0.25) is 9.59 Å². The van der Waals surface area contributed by atoms with E-state index in [1.54, 1.807) is 36.1 Å². The van der Waals surface area contributed by atoms with Crippen molar-refractivity contribution in [3.8, 4) is 11.5 Å². The highest BCUT2D eigenvalue weighted by atomic mass is 16.5. The van der Waals surface area contributed by atoms with E-state index in [9.17, 15) is 9.59 Å². The zero-order chi connectivity index (χ0) is 19.2. The van der Waals surface area contributed by atoms with Crippen molar-refractivity contribution >= 4 is 17.5 Å². The van der Waals surface area contributed by atoms with E-state index >= 15 is 0 Å². The molecule has 1 heterocycles. The molecular formula is C21H24N2O4. The van der Waals surface area contributed by atoms with E-state index in [-0.39, 0.29) is 11.8 Å². The molecule has 1 fully saturated rings. The average molecular weight is 368 g/mol. The number of amides is 2. The number of nitrogens with zero attached hydrogens (tertiary/aromatic N) is 2. The molecule has 0 aromatic heterocycles. The summed E-state index contributed by atoms with van der Waals surface area (Å²) in [5.74, 6) is 1.57. The first-order valence-electron chi connectivity index (χ1n) is 9.01. The van der Waals surface area contributed by atoms with Crippen LogP contribution in [0.1, 0.15) is 23.2 Å². The van der Waals surface area contributed by atoms with Gasteiger partial charge in [0.05, 0.1) is 13.7 Å². The summed E-state index contributed by atoms with van der Waals surface area (Å²) in [6.45, 7) is 1.61. The summed E-state index contributed by atoms with van der Waals surface area (Å²) in [5.41, 5.74) is 1.44. The van der Waals surface area contributed by atoms with Crippen molar-refractivity contribution in [2.24, 2.45) is 0 Å². The van der Waals surface area contributed by atoms with E-state index in [2.05, 4.69) is 0 Å². The van der Waals surface area contributed by atoms with Crippen molar-refractivity contribution in [2.45, 2.75) is 12.8 Å². The van der Waals surface area contributed by atoms with Crippen LogP contribution in [0.4, 0.5) is 5.69 Å². The van der Waals surface area contributed by atoms with Crippen LogP contribution in [0, 0.1) is 0 Å². The summed E-state index contributed by atoms with van der Waals surface area (Å²) in [5, 5.41) is 0. The van der Waals surface area contributed by atoms with Gasteiger partial charge in [-0.15, -0.1) is 0 Å². The van der Waals surface area contributed by atoms with Crippen LogP contribution in [0.25, 0.3) is 0 Å². The molecule has 2 aromatic rings. The maximum Gasteiger partial charge on any atom is 0.253 e. The maximum atomic E-state index is 12.5. The van der Waals surface area contributed by atoms with E-state index in [4.69, 9.17) is 9.47 Å². The van der Waals surface area contributed by atoms with Gasteiger partial charge in [-0.25, -0.2) is 0 Å². The molecule has 6 heteroatoms. The van der Waals surface area contributed by atoms with Crippen molar-refractivity contribution in [3.63, 3.8) is 0 Å². The molecule has 0 radical (unpaired) electrons. The number of carbonyl (C=O) groups is 2. The minimum absolute atomic E-state index is 0.0763. The molecular weight excluding hydrogens is 344 g/mol. The number of hydrogen-bond acceptors (Lipinski definition) is 4. The molecule has 0 unspecified atom stereocenters. The van der Waals surface area contributed by atoms with Gasteiger partial charge in [-0.1, -0.05) is 0 Å². The van der Waals surface area contributed by atoms with Crippen LogP contribution < -0.4 is 14.4 Å². The van der Waals surface area contributed by atoms with E-state index in [1.807, 2.05) is 36.4 Å². The summed E-state index contributed by atoms with van der Waals surface area (Å²) < 4.78 is 10.8. The zero-order valence-corrected chi connectivity index (χ0v) is 15.7. The first-order valence-corrected chi connectivity index (χ1v) is 9.01. The lowest BCUT2D eigenvalue weighted by atomic mass is 10.1. The normalized spacial score (nSPS) is 13.6. The third-order valence-electron chi connectivity index (χ3n) is 4.60. The lowest BCUT2D eigenvalue weighted by molar-refractivity contribution is -0.117. The van der Waals surface area contributed by atoms with Gasteiger partial charge in [0.15, 0.2) is 0 Å². The van der Waals surface area contributed by atoms with Crippen molar-refractivity contribution in [1.82, 2.24) is 4.90 Å². The van der Waals surface area contributed by atoms with Crippen molar-refractivity contribution in [2.75, 3.05) is 38.8 Å². The molecule has 2 aromatic carbocycles. The van der Waals surface area contributed by atoms with Crippen molar-refractivity contribution < 1.29 is 19.1 Å². The molecule has 1 aliphatic rings. The highest BCUT2D eigenvalue weighted by Crippen LogP contribution is 2.22. The van der Waals surface area contributed by atoms with Gasteiger partial charge >= 0.3 is 0 Å². The van der Waals surface area contributed by atoms with Crippen LogP contribution in [0.3, 0.4) is 0 Å². The predicted octanol–water partition coefficient (Wildman–Crippen LogP) is 2.97. The molecule has 0 bridgehead atoms. The summed E-state index contributed by atoms with van der Waals surface area (Å²) in [6, 6.07) is 14.5. The Morgan fingerprint density at radius 3 is 2.33 bits per heavy atom. The first kappa shape index (κ1) is 18.8. The van der Waals surface area contributed by atoms with Gasteiger partial charge in [-0.2, -0.15) is 0 Å². The average Bonchev–Trinajstić information content (AvgIpc) is 3.14. The molecule has 0 atom stereocenters. The van der Waals surface area contributed by atoms with Crippen LogP contribution in [-0.4, -0.2) is 50.6 Å². The summed E-state index contributed by atoms with van der Waals surface area (Å²) in [7, 11) is 3.36. The molecule has 142 valence electrons. The molecule has 1 saturated heterocycles. The van der Waals surface area contributed by atoms with Gasteiger partial charge in [0, 0.05) is 31.3 Å². The first-order chi connectivity index (χ1) is 13.1. The van der Waals surface area contributed by atoms with E-state index in [0.717, 1.165) is 30.2 Å². The van der Waals surface area contributed by atoms with Gasteiger partial charge in [-0.05, 0) is 55.0 Å². The Morgan fingerprint density at radius 1 is 1.07 bits per heavy atom. The minimum atomic E-state index is -0.0763. The smallest absolute Gasteiger partial charge is 0.253 e. The number of hydrogen-bond donors (Lipinski definition) is 0. The Hall–Kier alpha value is -3.02. The highest BCUT2D eigenvalue weighted by molar-refractivity contribution is 5.97. The highest BCUT2D eigenvalue weighted by Gasteiger charge is 2.22. The molecule has 3 rings (SSSR count). The number of ether oxygens (including phenoxy) is 2. The second-order valence-corrected chi connectivity index (χ2v) is 6.45. The number of benzene rings is 2. The molecule has 2 amide bonds. The quantitative estimate of drug-likeness (QED) is 0.754. The van der Waals surface area contributed by atoms with Crippen LogP contribution >= 0.6 is 0 Å². The largest absolute Gasteiger partial charge is 0.497 e. The Labute approximate surface area is 159 Å². The fourth-order valence-corrected chi connectivity index (χ4v) is 3.00. The number of anilines is 1. The van der Waals surface area contributed by atoms with Gasteiger partial charge < -0.3 is 19.3 Å². The van der Waals surface area contributed by atoms with Gasteiger partial charge in [0.25, 0.3) is 5.91 Å². The van der Waals surface area contributed by atoms with Crippen molar-refractivity contribution in [1.29, 1.82) is 0 Å². The van der Waals surface area contributed by atoms with Crippen LogP contribution in [0.5, 0.6) is 11.5 Å². The van der Waals surface area contributed by atoms with Gasteiger partial charge in [0.2, 0.25) is 5.91 Å². The lowest BCUT2D eigenvalue weighted by Crippen LogP contribution is -2.31. The lowest BCUT2D eigenvalue weighted by Gasteiger charge is -2.19. The number of carbonyl (C=O) groups excluding carboxylic acids is 2. The van der Waals surface area contributed by atoms with E-state index in [1.165, 1.54) is 0 Å². The van der Waals surface area contributed by atoms with Crippen LogP contribution in [0.2, 0.25) is 0 Å². The number of likely N-dealkylation sites (N-methyl/N-ethyl adjacent to an activating group) is 1. The van der Waals surface area contributed by atoms with Crippen molar-refractivity contribution in [3.05, 3.63) is 54.1 Å². The second-order valence-electron chi connectivity index (χ2n) is 6.45. The fraction of sp³-hybridized carbons (Fsp3) is 0.333. The van der Waals surface area contributed by atoms with Crippen LogP contribution in [0.15, 0.2) is 48.5 Å². The fourth-order valence-electron chi connectivity index (χ4n) is 3.00. The Kier molecular flexibility index (Phi) is 5.96. The number of methoxy groups -OCH3 is 1. The Balaban J connectivity index is 1.51. The molecule has 0 aliphatic carbocycles. The third kappa shape index (κ3) is 4.58. The molecule has 1 aliphatic heterocycles. The van der Waals surface area contributed by atoms with Gasteiger partial charge in [0.1, 0.15) is 18.1 Å². The molecule has 27 heavy (non-hydrogen) atoms. The predicted molar refractivity (Wildman–Crippen MR) is 103 cm³/mol. The molecule has 0 saturated carbocycles.